The summed E-state index contributed by atoms with van der Waals surface area (Å²) in [5.74, 6) is 0.0336. The van der Waals surface area contributed by atoms with E-state index in [2.05, 4.69) is 5.32 Å². The fraction of sp³-hybridized carbons (Fsp3) is 0.462. The number of likely N-dealkylation sites (tertiary alicyclic amines) is 1. The van der Waals surface area contributed by atoms with Crippen LogP contribution in [0.2, 0.25) is 10.0 Å². The first-order valence-corrected chi connectivity index (χ1v) is 6.79. The van der Waals surface area contributed by atoms with Crippen molar-refractivity contribution >= 4 is 29.1 Å². The molecule has 18 heavy (non-hydrogen) atoms. The van der Waals surface area contributed by atoms with Crippen LogP contribution in [0.1, 0.15) is 23.2 Å². The molecule has 0 bridgehead atoms. The number of carbonyl (C=O) groups is 1. The van der Waals surface area contributed by atoms with Crippen LogP contribution >= 0.6 is 23.2 Å². The molecule has 1 aliphatic rings. The topological polar surface area (TPSA) is 32.3 Å². The van der Waals surface area contributed by atoms with E-state index in [1.807, 2.05) is 11.9 Å². The molecule has 1 amide bonds. The minimum absolute atomic E-state index is 0.0336. The number of hydrogen-bond donors (Lipinski definition) is 1. The zero-order valence-corrected chi connectivity index (χ0v) is 11.8. The third kappa shape index (κ3) is 2.79. The smallest absolute Gasteiger partial charge is 0.254 e. The summed E-state index contributed by atoms with van der Waals surface area (Å²) >= 11 is 11.8. The Balaban J connectivity index is 2.17. The number of amides is 1. The first-order valence-electron chi connectivity index (χ1n) is 6.04. The zero-order valence-electron chi connectivity index (χ0n) is 10.2. The summed E-state index contributed by atoms with van der Waals surface area (Å²) in [4.78, 5) is 14.3. The lowest BCUT2D eigenvalue weighted by molar-refractivity contribution is 0.0737. The molecule has 1 N–H and O–H groups in total. The Morgan fingerprint density at radius 2 is 2.22 bits per heavy atom. The maximum absolute atomic E-state index is 12.4. The Morgan fingerprint density at radius 3 is 2.89 bits per heavy atom. The molecule has 1 aromatic carbocycles. The van der Waals surface area contributed by atoms with Crippen LogP contribution in [-0.2, 0) is 0 Å². The normalized spacial score (nSPS) is 19.3. The minimum atomic E-state index is 0.0336. The van der Waals surface area contributed by atoms with Gasteiger partial charge in [-0.05, 0) is 38.1 Å². The SMILES string of the molecule is CNCC1CCCN1C(=O)c1ccc(Cl)c(Cl)c1. The van der Waals surface area contributed by atoms with E-state index in [1.54, 1.807) is 18.2 Å². The van der Waals surface area contributed by atoms with Gasteiger partial charge in [-0.1, -0.05) is 23.2 Å². The molecule has 98 valence electrons. The molecule has 0 radical (unpaired) electrons. The number of benzene rings is 1. The fourth-order valence-corrected chi connectivity index (χ4v) is 2.64. The lowest BCUT2D eigenvalue weighted by Gasteiger charge is -2.24. The molecule has 0 aromatic heterocycles. The quantitative estimate of drug-likeness (QED) is 0.927. The largest absolute Gasteiger partial charge is 0.334 e. The Labute approximate surface area is 117 Å². The van der Waals surface area contributed by atoms with Gasteiger partial charge in [0.2, 0.25) is 0 Å². The van der Waals surface area contributed by atoms with Crippen molar-refractivity contribution < 1.29 is 4.79 Å². The third-order valence-electron chi connectivity index (χ3n) is 3.24. The van der Waals surface area contributed by atoms with Crippen molar-refractivity contribution in [1.82, 2.24) is 10.2 Å². The van der Waals surface area contributed by atoms with E-state index >= 15 is 0 Å². The van der Waals surface area contributed by atoms with Gasteiger partial charge in [0.25, 0.3) is 5.91 Å². The highest BCUT2D eigenvalue weighted by atomic mass is 35.5. The van der Waals surface area contributed by atoms with Crippen molar-refractivity contribution in [3.63, 3.8) is 0 Å². The molecule has 1 heterocycles. The van der Waals surface area contributed by atoms with Gasteiger partial charge in [0.15, 0.2) is 0 Å². The van der Waals surface area contributed by atoms with Crippen molar-refractivity contribution in [2.75, 3.05) is 20.1 Å². The lowest BCUT2D eigenvalue weighted by Crippen LogP contribution is -2.40. The van der Waals surface area contributed by atoms with Crippen LogP contribution in [-0.4, -0.2) is 37.0 Å². The van der Waals surface area contributed by atoms with Crippen molar-refractivity contribution in [2.24, 2.45) is 0 Å². The first kappa shape index (κ1) is 13.7. The van der Waals surface area contributed by atoms with Crippen LogP contribution in [0, 0.1) is 0 Å². The fourth-order valence-electron chi connectivity index (χ4n) is 2.35. The van der Waals surface area contributed by atoms with Crippen LogP contribution in [0.25, 0.3) is 0 Å². The molecule has 0 spiro atoms. The number of hydrogen-bond acceptors (Lipinski definition) is 2. The van der Waals surface area contributed by atoms with E-state index in [9.17, 15) is 4.79 Å². The van der Waals surface area contributed by atoms with Crippen molar-refractivity contribution in [1.29, 1.82) is 0 Å². The van der Waals surface area contributed by atoms with E-state index in [1.165, 1.54) is 0 Å². The Hall–Kier alpha value is -0.770. The Kier molecular flexibility index (Phi) is 4.49. The van der Waals surface area contributed by atoms with Crippen LogP contribution in [0.3, 0.4) is 0 Å². The molecule has 5 heteroatoms. The van der Waals surface area contributed by atoms with Gasteiger partial charge in [-0.2, -0.15) is 0 Å². The molecular formula is C13H16Cl2N2O. The predicted octanol–water partition coefficient (Wildman–Crippen LogP) is 2.82. The maximum Gasteiger partial charge on any atom is 0.254 e. The summed E-state index contributed by atoms with van der Waals surface area (Å²) in [7, 11) is 1.90. The van der Waals surface area contributed by atoms with Crippen molar-refractivity contribution in [3.8, 4) is 0 Å². The molecule has 0 aliphatic carbocycles. The average Bonchev–Trinajstić information content (AvgIpc) is 2.80. The van der Waals surface area contributed by atoms with Gasteiger partial charge in [0.05, 0.1) is 10.0 Å². The predicted molar refractivity (Wildman–Crippen MR) is 74.4 cm³/mol. The number of carbonyl (C=O) groups excluding carboxylic acids is 1. The molecule has 1 atom stereocenters. The van der Waals surface area contributed by atoms with Crippen LogP contribution < -0.4 is 5.32 Å². The van der Waals surface area contributed by atoms with Gasteiger partial charge in [0, 0.05) is 24.7 Å². The number of nitrogens with zero attached hydrogens (tertiary/aromatic N) is 1. The highest BCUT2D eigenvalue weighted by Gasteiger charge is 2.28. The highest BCUT2D eigenvalue weighted by molar-refractivity contribution is 6.42. The van der Waals surface area contributed by atoms with Crippen molar-refractivity contribution in [2.45, 2.75) is 18.9 Å². The second kappa shape index (κ2) is 5.91. The monoisotopic (exact) mass is 286 g/mol. The van der Waals surface area contributed by atoms with E-state index in [4.69, 9.17) is 23.2 Å². The number of rotatable bonds is 3. The highest BCUT2D eigenvalue weighted by Crippen LogP contribution is 2.25. The molecule has 3 nitrogen and oxygen atoms in total. The van der Waals surface area contributed by atoms with E-state index in [-0.39, 0.29) is 11.9 Å². The minimum Gasteiger partial charge on any atom is -0.334 e. The van der Waals surface area contributed by atoms with Gasteiger partial charge in [-0.25, -0.2) is 0 Å². The van der Waals surface area contributed by atoms with Crippen LogP contribution in [0.4, 0.5) is 0 Å². The second-order valence-electron chi connectivity index (χ2n) is 4.48. The standard InChI is InChI=1S/C13H16Cl2N2O/c1-16-8-10-3-2-6-17(10)13(18)9-4-5-11(14)12(15)7-9/h4-5,7,10,16H,2-3,6,8H2,1H3. The second-order valence-corrected chi connectivity index (χ2v) is 5.30. The van der Waals surface area contributed by atoms with Crippen LogP contribution in [0.15, 0.2) is 18.2 Å². The first-order chi connectivity index (χ1) is 8.63. The van der Waals surface area contributed by atoms with Gasteiger partial charge in [0.1, 0.15) is 0 Å². The zero-order chi connectivity index (χ0) is 13.1. The Morgan fingerprint density at radius 1 is 1.44 bits per heavy atom. The van der Waals surface area contributed by atoms with Gasteiger partial charge in [-0.3, -0.25) is 4.79 Å². The van der Waals surface area contributed by atoms with E-state index in [0.717, 1.165) is 25.9 Å². The maximum atomic E-state index is 12.4. The number of halogens is 2. The van der Waals surface area contributed by atoms with Gasteiger partial charge < -0.3 is 10.2 Å². The van der Waals surface area contributed by atoms with Gasteiger partial charge >= 0.3 is 0 Å². The molecule has 2 rings (SSSR count). The summed E-state index contributed by atoms with van der Waals surface area (Å²) in [6.45, 7) is 1.64. The van der Waals surface area contributed by atoms with Crippen molar-refractivity contribution in [3.05, 3.63) is 33.8 Å². The molecule has 1 fully saturated rings. The summed E-state index contributed by atoms with van der Waals surface area (Å²) in [5, 5.41) is 4.02. The summed E-state index contributed by atoms with van der Waals surface area (Å²) in [6, 6.07) is 5.31. The summed E-state index contributed by atoms with van der Waals surface area (Å²) < 4.78 is 0. The molecule has 1 unspecified atom stereocenters. The lowest BCUT2D eigenvalue weighted by atomic mass is 10.1. The molecular weight excluding hydrogens is 271 g/mol. The molecule has 1 aliphatic heterocycles. The van der Waals surface area contributed by atoms with Crippen LogP contribution in [0.5, 0.6) is 0 Å². The molecule has 1 saturated heterocycles. The molecule has 0 saturated carbocycles. The third-order valence-corrected chi connectivity index (χ3v) is 3.98. The van der Waals surface area contributed by atoms with E-state index < -0.39 is 0 Å². The average molecular weight is 287 g/mol. The summed E-state index contributed by atoms with van der Waals surface area (Å²) in [5.41, 5.74) is 0.604. The van der Waals surface area contributed by atoms with E-state index in [0.29, 0.717) is 15.6 Å². The van der Waals surface area contributed by atoms with Gasteiger partial charge in [-0.15, -0.1) is 0 Å². The number of nitrogens with one attached hydrogen (secondary N) is 1. The number of likely N-dealkylation sites (N-methyl/N-ethyl adjacent to an activating group) is 1. The summed E-state index contributed by atoms with van der Waals surface area (Å²) in [6.07, 6.45) is 2.10. The molecule has 1 aromatic rings. The Bertz CT molecular complexity index is 451.